The van der Waals surface area contributed by atoms with Gasteiger partial charge in [-0.05, 0) is 18.2 Å². The van der Waals surface area contributed by atoms with E-state index in [0.29, 0.717) is 11.1 Å². The van der Waals surface area contributed by atoms with Crippen LogP contribution >= 0.6 is 11.8 Å². The number of thioether (sulfide) groups is 1. The number of hydrogen-bond donors (Lipinski definition) is 0. The van der Waals surface area contributed by atoms with Gasteiger partial charge in [-0.15, -0.1) is 11.8 Å². The van der Waals surface area contributed by atoms with E-state index in [2.05, 4.69) is 4.99 Å². The zero-order valence-electron chi connectivity index (χ0n) is 12.6. The number of ether oxygens (including phenoxy) is 1. The van der Waals surface area contributed by atoms with E-state index in [4.69, 9.17) is 4.74 Å². The molecule has 4 rings (SSSR count). The van der Waals surface area contributed by atoms with Crippen LogP contribution < -0.4 is 0 Å². The van der Waals surface area contributed by atoms with Crippen LogP contribution in [0.2, 0.25) is 0 Å². The lowest BCUT2D eigenvalue weighted by Crippen LogP contribution is -2.49. The van der Waals surface area contributed by atoms with Gasteiger partial charge in [0.1, 0.15) is 5.92 Å². The molecular formula is C18H14F3NOS. The molecule has 0 radical (unpaired) electrons. The topological polar surface area (TPSA) is 21.6 Å². The van der Waals surface area contributed by atoms with Crippen LogP contribution in [0.4, 0.5) is 13.2 Å². The Morgan fingerprint density at radius 1 is 1.04 bits per heavy atom. The minimum atomic E-state index is -4.35. The third-order valence-corrected chi connectivity index (χ3v) is 5.63. The van der Waals surface area contributed by atoms with Crippen molar-refractivity contribution in [3.63, 3.8) is 0 Å². The Kier molecular flexibility index (Phi) is 3.60. The minimum Gasteiger partial charge on any atom is -0.463 e. The molecule has 0 saturated heterocycles. The van der Waals surface area contributed by atoms with Gasteiger partial charge in [0, 0.05) is 21.8 Å². The Morgan fingerprint density at radius 3 is 2.50 bits per heavy atom. The molecule has 1 spiro atoms. The number of rotatable bonds is 1. The van der Waals surface area contributed by atoms with Crippen molar-refractivity contribution < 1.29 is 17.9 Å². The third-order valence-electron chi connectivity index (χ3n) is 4.46. The maximum Gasteiger partial charge on any atom is 0.396 e. The Hall–Kier alpha value is -1.95. The van der Waals surface area contributed by atoms with Crippen molar-refractivity contribution >= 4 is 17.7 Å². The molecule has 124 valence electrons. The molecule has 24 heavy (non-hydrogen) atoms. The summed E-state index contributed by atoms with van der Waals surface area (Å²) in [5, 5.41) is 0. The van der Waals surface area contributed by atoms with Crippen molar-refractivity contribution in [3.05, 3.63) is 65.7 Å². The number of aliphatic imine (C=N–C) groups is 1. The van der Waals surface area contributed by atoms with Crippen LogP contribution in [-0.2, 0) is 10.3 Å². The molecule has 2 aliphatic rings. The molecule has 2 aromatic carbocycles. The van der Waals surface area contributed by atoms with Crippen LogP contribution in [0, 0.1) is 5.92 Å². The normalized spacial score (nSPS) is 26.0. The fourth-order valence-electron chi connectivity index (χ4n) is 3.28. The first-order valence-electron chi connectivity index (χ1n) is 7.59. The molecule has 0 aromatic heterocycles. The van der Waals surface area contributed by atoms with Crippen molar-refractivity contribution in [2.24, 2.45) is 10.9 Å². The number of halogens is 3. The van der Waals surface area contributed by atoms with Crippen molar-refractivity contribution in [1.29, 1.82) is 0 Å². The number of alkyl halides is 3. The smallest absolute Gasteiger partial charge is 0.396 e. The summed E-state index contributed by atoms with van der Waals surface area (Å²) in [5.74, 6) is -1.36. The lowest BCUT2D eigenvalue weighted by Gasteiger charge is -2.41. The quantitative estimate of drug-likeness (QED) is 0.748. The summed E-state index contributed by atoms with van der Waals surface area (Å²) in [6.07, 6.45) is -4.35. The fourth-order valence-corrected chi connectivity index (χ4v) is 4.65. The van der Waals surface area contributed by atoms with Crippen LogP contribution in [0.15, 0.2) is 64.5 Å². The van der Waals surface area contributed by atoms with Crippen LogP contribution in [0.5, 0.6) is 0 Å². The van der Waals surface area contributed by atoms with Crippen molar-refractivity contribution in [1.82, 2.24) is 0 Å². The highest BCUT2D eigenvalue weighted by Crippen LogP contribution is 2.53. The predicted octanol–water partition coefficient (Wildman–Crippen LogP) is 4.64. The molecule has 6 heteroatoms. The van der Waals surface area contributed by atoms with Crippen LogP contribution in [0.3, 0.4) is 0 Å². The van der Waals surface area contributed by atoms with Gasteiger partial charge in [0.2, 0.25) is 5.90 Å². The minimum absolute atomic E-state index is 0.0149. The molecule has 2 heterocycles. The van der Waals surface area contributed by atoms with Crippen LogP contribution in [-0.4, -0.2) is 24.4 Å². The third kappa shape index (κ3) is 2.40. The zero-order chi connectivity index (χ0) is 16.8. The first-order valence-corrected chi connectivity index (χ1v) is 8.57. The molecule has 2 nitrogen and oxygen atoms in total. The fraction of sp³-hybridized carbons (Fsp3) is 0.278. The van der Waals surface area contributed by atoms with Crippen molar-refractivity contribution in [3.8, 4) is 0 Å². The van der Waals surface area contributed by atoms with Crippen LogP contribution in [0.1, 0.15) is 11.1 Å². The van der Waals surface area contributed by atoms with E-state index in [0.717, 1.165) is 4.90 Å². The number of hydrogen-bond acceptors (Lipinski definition) is 3. The standard InChI is InChI=1S/C18H14F3NOS/c19-18(20,21)15-10-24-14-9-5-4-8-13(14)17(15)11-22-16(23-17)12-6-2-1-3-7-12/h1-9,15H,10-11H2. The SMILES string of the molecule is FC(F)(F)C1CSc2ccccc2C12CN=C(c1ccccc1)O2. The lowest BCUT2D eigenvalue weighted by atomic mass is 9.81. The summed E-state index contributed by atoms with van der Waals surface area (Å²) in [6.45, 7) is -0.0149. The van der Waals surface area contributed by atoms with E-state index < -0.39 is 17.7 Å². The largest absolute Gasteiger partial charge is 0.463 e. The van der Waals surface area contributed by atoms with E-state index in [-0.39, 0.29) is 18.2 Å². The molecule has 0 bridgehead atoms. The van der Waals surface area contributed by atoms with Gasteiger partial charge in [0.15, 0.2) is 5.60 Å². The average molecular weight is 349 g/mol. The second kappa shape index (κ2) is 5.55. The Morgan fingerprint density at radius 2 is 1.75 bits per heavy atom. The number of nitrogens with zero attached hydrogens (tertiary/aromatic N) is 1. The molecule has 0 N–H and O–H groups in total. The Balaban J connectivity index is 1.79. The van der Waals surface area contributed by atoms with E-state index >= 15 is 0 Å². The van der Waals surface area contributed by atoms with Gasteiger partial charge in [-0.2, -0.15) is 13.2 Å². The number of benzene rings is 2. The van der Waals surface area contributed by atoms with Gasteiger partial charge in [-0.3, -0.25) is 0 Å². The van der Waals surface area contributed by atoms with Gasteiger partial charge in [0.05, 0.1) is 6.54 Å². The summed E-state index contributed by atoms with van der Waals surface area (Å²) in [6, 6.07) is 16.2. The number of fused-ring (bicyclic) bond motifs is 2. The molecule has 2 aliphatic heterocycles. The summed E-state index contributed by atoms with van der Waals surface area (Å²) >= 11 is 1.23. The highest BCUT2D eigenvalue weighted by Gasteiger charge is 2.60. The van der Waals surface area contributed by atoms with Crippen LogP contribution in [0.25, 0.3) is 0 Å². The van der Waals surface area contributed by atoms with Gasteiger partial charge < -0.3 is 4.74 Å². The van der Waals surface area contributed by atoms with Gasteiger partial charge in [-0.25, -0.2) is 4.99 Å². The first kappa shape index (κ1) is 15.6. The molecule has 0 saturated carbocycles. The first-order chi connectivity index (χ1) is 11.5. The second-order valence-corrected chi connectivity index (χ2v) is 6.94. The van der Waals surface area contributed by atoms with E-state index in [1.807, 2.05) is 30.3 Å². The van der Waals surface area contributed by atoms with Crippen molar-refractivity contribution in [2.75, 3.05) is 12.3 Å². The second-order valence-electron chi connectivity index (χ2n) is 5.88. The molecule has 0 amide bonds. The molecular weight excluding hydrogens is 335 g/mol. The average Bonchev–Trinajstić information content (AvgIpc) is 3.00. The molecule has 0 aliphatic carbocycles. The van der Waals surface area contributed by atoms with Gasteiger partial charge >= 0.3 is 6.18 Å². The lowest BCUT2D eigenvalue weighted by molar-refractivity contribution is -0.214. The Labute approximate surface area is 141 Å². The maximum atomic E-state index is 13.7. The summed E-state index contributed by atoms with van der Waals surface area (Å²) in [7, 11) is 0. The molecule has 2 unspecified atom stereocenters. The summed E-state index contributed by atoms with van der Waals surface area (Å²) in [4.78, 5) is 5.17. The molecule has 2 atom stereocenters. The van der Waals surface area contributed by atoms with Crippen molar-refractivity contribution in [2.45, 2.75) is 16.7 Å². The predicted molar refractivity (Wildman–Crippen MR) is 87.3 cm³/mol. The highest BCUT2D eigenvalue weighted by atomic mass is 32.2. The van der Waals surface area contributed by atoms with E-state index in [9.17, 15) is 13.2 Å². The molecule has 0 fully saturated rings. The van der Waals surface area contributed by atoms with E-state index in [1.54, 1.807) is 24.3 Å². The Bertz CT molecular complexity index is 790. The highest BCUT2D eigenvalue weighted by molar-refractivity contribution is 7.99. The zero-order valence-corrected chi connectivity index (χ0v) is 13.4. The molecule has 2 aromatic rings. The summed E-state index contributed by atoms with van der Waals surface area (Å²) < 4.78 is 47.1. The monoisotopic (exact) mass is 349 g/mol. The summed E-state index contributed by atoms with van der Waals surface area (Å²) in [5.41, 5.74) is -0.185. The van der Waals surface area contributed by atoms with Gasteiger partial charge in [-0.1, -0.05) is 36.4 Å². The maximum absolute atomic E-state index is 13.7. The van der Waals surface area contributed by atoms with E-state index in [1.165, 1.54) is 11.8 Å². The van der Waals surface area contributed by atoms with Gasteiger partial charge in [0.25, 0.3) is 0 Å².